The van der Waals surface area contributed by atoms with Gasteiger partial charge < -0.3 is 20.4 Å². The highest BCUT2D eigenvalue weighted by atomic mass is 16.4. The molecule has 1 amide bonds. The topological polar surface area (TPSA) is 115 Å². The zero-order valence-corrected chi connectivity index (χ0v) is 15.4. The molecule has 146 valence electrons. The Balaban J connectivity index is 1.49. The molecular weight excluding hydrogens is 360 g/mol. The summed E-state index contributed by atoms with van der Waals surface area (Å²) in [5, 5.41) is 22.7. The minimum Gasteiger partial charge on any atom is -0.477 e. The number of hydrogen-bond acceptors (Lipinski definition) is 6. The van der Waals surface area contributed by atoms with Crippen LogP contribution in [-0.2, 0) is 9.59 Å². The fourth-order valence-electron chi connectivity index (χ4n) is 4.22. The predicted molar refractivity (Wildman–Crippen MR) is 102 cm³/mol. The molecule has 1 fully saturated rings. The number of carbonyl (C=O) groups is 2. The van der Waals surface area contributed by atoms with Crippen molar-refractivity contribution in [1.29, 1.82) is 0 Å². The summed E-state index contributed by atoms with van der Waals surface area (Å²) in [6.45, 7) is 2.59. The van der Waals surface area contributed by atoms with Gasteiger partial charge in [-0.2, -0.15) is 0 Å². The number of rotatable bonds is 5. The van der Waals surface area contributed by atoms with Crippen LogP contribution in [0.15, 0.2) is 46.9 Å². The molecule has 4 atom stereocenters. The first-order chi connectivity index (χ1) is 13.5. The van der Waals surface area contributed by atoms with Gasteiger partial charge in [-0.3, -0.25) is 14.8 Å². The van der Waals surface area contributed by atoms with E-state index >= 15 is 0 Å². The maximum absolute atomic E-state index is 12.3. The number of carboxylic acid groups (broad SMARTS) is 1. The van der Waals surface area contributed by atoms with Crippen molar-refractivity contribution < 1.29 is 19.8 Å². The summed E-state index contributed by atoms with van der Waals surface area (Å²) < 4.78 is 0. The standard InChI is InChI=1S/C20H22N4O4/c1-11(25)17-15-7-14(18(20(27)28)24(15)19(17)26)13-9-22-16(23-10-13)5-4-12-3-2-6-21-8-12/h2-6,8,11,13,15,17,25H,7,9-10H2,1H3,(H,22,23)(H,27,28)/b5-4+/t11-,15-,17-/m1/s1. The molecule has 3 aliphatic rings. The van der Waals surface area contributed by atoms with E-state index in [0.717, 1.165) is 17.0 Å². The van der Waals surface area contributed by atoms with Crippen molar-refractivity contribution in [3.05, 3.63) is 47.4 Å². The molecule has 8 heteroatoms. The van der Waals surface area contributed by atoms with Gasteiger partial charge in [0.1, 0.15) is 11.5 Å². The Bertz CT molecular complexity index is 891. The van der Waals surface area contributed by atoms with Gasteiger partial charge in [0, 0.05) is 31.4 Å². The molecule has 0 bridgehead atoms. The quantitative estimate of drug-likeness (QED) is 0.645. The van der Waals surface area contributed by atoms with E-state index in [4.69, 9.17) is 0 Å². The Morgan fingerprint density at radius 3 is 2.86 bits per heavy atom. The summed E-state index contributed by atoms with van der Waals surface area (Å²) in [5.41, 5.74) is 1.77. The number of β-lactam (4-membered cyclic amide) rings is 1. The van der Waals surface area contributed by atoms with Gasteiger partial charge in [-0.05, 0) is 42.7 Å². The maximum atomic E-state index is 12.3. The second kappa shape index (κ2) is 7.20. The number of carboxylic acids is 1. The number of aromatic nitrogens is 1. The Labute approximate surface area is 162 Å². The van der Waals surface area contributed by atoms with Crippen LogP contribution < -0.4 is 5.32 Å². The van der Waals surface area contributed by atoms with Crippen LogP contribution in [0, 0.1) is 11.8 Å². The van der Waals surface area contributed by atoms with Crippen molar-refractivity contribution >= 4 is 23.8 Å². The molecule has 3 aliphatic heterocycles. The minimum atomic E-state index is -1.10. The molecule has 4 heterocycles. The molecule has 3 N–H and O–H groups in total. The van der Waals surface area contributed by atoms with Gasteiger partial charge in [0.15, 0.2) is 0 Å². The van der Waals surface area contributed by atoms with Crippen molar-refractivity contribution in [3.63, 3.8) is 0 Å². The van der Waals surface area contributed by atoms with E-state index in [1.54, 1.807) is 19.3 Å². The van der Waals surface area contributed by atoms with E-state index in [9.17, 15) is 19.8 Å². The SMILES string of the molecule is C[C@@H](O)[C@H]1C(=O)N2C(C(=O)O)=C(C3CN=C(/C=C/c4cccnc4)NC3)C[C@H]12. The summed E-state index contributed by atoms with van der Waals surface area (Å²) in [4.78, 5) is 34.0. The van der Waals surface area contributed by atoms with Gasteiger partial charge in [0.05, 0.1) is 18.1 Å². The average molecular weight is 382 g/mol. The molecule has 1 aromatic rings. The summed E-state index contributed by atoms with van der Waals surface area (Å²) in [6.07, 6.45) is 6.94. The largest absolute Gasteiger partial charge is 0.477 e. The van der Waals surface area contributed by atoms with Crippen LogP contribution >= 0.6 is 0 Å². The Hall–Kier alpha value is -3.00. The van der Waals surface area contributed by atoms with Gasteiger partial charge in [-0.25, -0.2) is 4.79 Å². The molecule has 0 saturated carbocycles. The lowest BCUT2D eigenvalue weighted by Gasteiger charge is -2.44. The van der Waals surface area contributed by atoms with E-state index in [2.05, 4.69) is 15.3 Å². The highest BCUT2D eigenvalue weighted by Gasteiger charge is 2.57. The van der Waals surface area contributed by atoms with Crippen LogP contribution in [0.2, 0.25) is 0 Å². The fraction of sp³-hybridized carbons (Fsp3) is 0.400. The van der Waals surface area contributed by atoms with Crippen LogP contribution in [0.4, 0.5) is 0 Å². The van der Waals surface area contributed by atoms with Crippen LogP contribution in [0.1, 0.15) is 18.9 Å². The molecule has 28 heavy (non-hydrogen) atoms. The van der Waals surface area contributed by atoms with Crippen molar-refractivity contribution in [2.75, 3.05) is 13.1 Å². The number of aliphatic imine (C=N–C) groups is 1. The Morgan fingerprint density at radius 2 is 2.25 bits per heavy atom. The molecule has 0 aliphatic carbocycles. The van der Waals surface area contributed by atoms with E-state index in [-0.39, 0.29) is 23.6 Å². The lowest BCUT2D eigenvalue weighted by Crippen LogP contribution is -2.61. The number of aliphatic hydroxyl groups is 1. The number of hydrogen-bond donors (Lipinski definition) is 3. The number of nitrogens with one attached hydrogen (secondary N) is 1. The van der Waals surface area contributed by atoms with Gasteiger partial charge in [-0.1, -0.05) is 6.07 Å². The van der Waals surface area contributed by atoms with Gasteiger partial charge >= 0.3 is 5.97 Å². The van der Waals surface area contributed by atoms with Crippen LogP contribution in [0.3, 0.4) is 0 Å². The summed E-state index contributed by atoms with van der Waals surface area (Å²) >= 11 is 0. The normalized spacial score (nSPS) is 27.9. The summed E-state index contributed by atoms with van der Waals surface area (Å²) in [5.74, 6) is -1.28. The highest BCUT2D eigenvalue weighted by Crippen LogP contribution is 2.45. The van der Waals surface area contributed by atoms with Crippen molar-refractivity contribution in [2.24, 2.45) is 16.8 Å². The van der Waals surface area contributed by atoms with Gasteiger partial charge in [-0.15, -0.1) is 0 Å². The molecule has 1 unspecified atom stereocenters. The third-order valence-corrected chi connectivity index (χ3v) is 5.59. The second-order valence-corrected chi connectivity index (χ2v) is 7.35. The number of aliphatic carboxylic acids is 1. The minimum absolute atomic E-state index is 0.0725. The van der Waals surface area contributed by atoms with Crippen LogP contribution in [0.25, 0.3) is 6.08 Å². The molecule has 4 rings (SSSR count). The monoisotopic (exact) mass is 382 g/mol. The van der Waals surface area contributed by atoms with Crippen molar-refractivity contribution in [3.8, 4) is 0 Å². The Kier molecular flexibility index (Phi) is 4.72. The van der Waals surface area contributed by atoms with Crippen molar-refractivity contribution in [2.45, 2.75) is 25.5 Å². The zero-order chi connectivity index (χ0) is 19.8. The lowest BCUT2D eigenvalue weighted by molar-refractivity contribution is -0.161. The Morgan fingerprint density at radius 1 is 1.43 bits per heavy atom. The van der Waals surface area contributed by atoms with Crippen molar-refractivity contribution in [1.82, 2.24) is 15.2 Å². The average Bonchev–Trinajstić information content (AvgIpc) is 3.02. The first-order valence-corrected chi connectivity index (χ1v) is 9.31. The van der Waals surface area contributed by atoms with E-state index in [1.165, 1.54) is 4.90 Å². The number of pyridine rings is 1. The number of amidine groups is 1. The number of carbonyl (C=O) groups excluding carboxylic acids is 1. The first-order valence-electron chi connectivity index (χ1n) is 9.31. The smallest absolute Gasteiger partial charge is 0.352 e. The number of fused-ring (bicyclic) bond motifs is 1. The third kappa shape index (κ3) is 3.09. The molecular formula is C20H22N4O4. The molecule has 1 saturated heterocycles. The van der Waals surface area contributed by atoms with Crippen LogP contribution in [0.5, 0.6) is 0 Å². The second-order valence-electron chi connectivity index (χ2n) is 7.35. The highest BCUT2D eigenvalue weighted by molar-refractivity contribution is 6.00. The van der Waals surface area contributed by atoms with E-state index < -0.39 is 18.0 Å². The molecule has 8 nitrogen and oxygen atoms in total. The molecule has 0 radical (unpaired) electrons. The van der Waals surface area contributed by atoms with E-state index in [0.29, 0.717) is 19.5 Å². The van der Waals surface area contributed by atoms with E-state index in [1.807, 2.05) is 24.3 Å². The lowest BCUT2D eigenvalue weighted by atomic mass is 9.82. The van der Waals surface area contributed by atoms with Crippen LogP contribution in [-0.4, -0.2) is 63.0 Å². The number of nitrogens with zero attached hydrogens (tertiary/aromatic N) is 3. The third-order valence-electron chi connectivity index (χ3n) is 5.59. The predicted octanol–water partition coefficient (Wildman–Crippen LogP) is 0.663. The van der Waals surface area contributed by atoms with Gasteiger partial charge in [0.2, 0.25) is 5.91 Å². The summed E-state index contributed by atoms with van der Waals surface area (Å²) in [7, 11) is 0. The zero-order valence-electron chi connectivity index (χ0n) is 15.4. The number of aliphatic hydroxyl groups excluding tert-OH is 1. The fourth-order valence-corrected chi connectivity index (χ4v) is 4.22. The summed E-state index contributed by atoms with van der Waals surface area (Å²) in [6, 6.07) is 3.54. The molecule has 0 spiro atoms. The molecule has 1 aromatic heterocycles. The first kappa shape index (κ1) is 18.4. The maximum Gasteiger partial charge on any atom is 0.352 e. The number of amides is 1. The molecule has 0 aromatic carbocycles. The van der Waals surface area contributed by atoms with Gasteiger partial charge in [0.25, 0.3) is 0 Å².